The van der Waals surface area contributed by atoms with E-state index in [1.165, 1.54) is 6.20 Å². The van der Waals surface area contributed by atoms with Gasteiger partial charge in [-0.15, -0.1) is 0 Å². The second-order valence-corrected chi connectivity index (χ2v) is 7.32. The lowest BCUT2D eigenvalue weighted by atomic mass is 10.2. The van der Waals surface area contributed by atoms with Crippen molar-refractivity contribution in [1.82, 2.24) is 0 Å². The summed E-state index contributed by atoms with van der Waals surface area (Å²) in [5.74, 6) is 0.884. The first-order chi connectivity index (χ1) is 16.2. The molecule has 4 rings (SSSR count). The fourth-order valence-electron chi connectivity index (χ4n) is 3.40. The van der Waals surface area contributed by atoms with Gasteiger partial charge in [0.15, 0.2) is 0 Å². The van der Waals surface area contributed by atoms with E-state index in [2.05, 4.69) is 15.5 Å². The monoisotopic (exact) mass is 440 g/mol. The predicted molar refractivity (Wildman–Crippen MR) is 128 cm³/mol. The standard InChI is InChI=1S/C26H24N4O3/c27-18-20(19-28-24-8-4-5-9-25(24)30-14-16-32-17-15-30)26(31)29-21-10-12-23(13-11-21)33-22-6-2-1-3-7-22/h1-13,19,28H,14-17H2,(H,29,31)/b20-19-. The van der Waals surface area contributed by atoms with Crippen molar-refractivity contribution in [2.45, 2.75) is 0 Å². The first kappa shape index (κ1) is 21.9. The Labute approximate surface area is 192 Å². The summed E-state index contributed by atoms with van der Waals surface area (Å²) in [6.07, 6.45) is 1.43. The lowest BCUT2D eigenvalue weighted by Crippen LogP contribution is -2.36. The van der Waals surface area contributed by atoms with Crippen LogP contribution < -0.4 is 20.3 Å². The number of rotatable bonds is 7. The summed E-state index contributed by atoms with van der Waals surface area (Å²) in [5, 5.41) is 15.4. The average molecular weight is 441 g/mol. The Morgan fingerprint density at radius 1 is 0.939 bits per heavy atom. The Balaban J connectivity index is 1.40. The molecular formula is C26H24N4O3. The van der Waals surface area contributed by atoms with E-state index in [4.69, 9.17) is 9.47 Å². The Bertz CT molecular complexity index is 1150. The van der Waals surface area contributed by atoms with E-state index in [0.717, 1.165) is 30.2 Å². The minimum absolute atomic E-state index is 0.0311. The lowest BCUT2D eigenvalue weighted by molar-refractivity contribution is -0.112. The minimum Gasteiger partial charge on any atom is -0.457 e. The highest BCUT2D eigenvalue weighted by Gasteiger charge is 2.15. The Morgan fingerprint density at radius 3 is 2.33 bits per heavy atom. The number of nitrogens with one attached hydrogen (secondary N) is 2. The molecule has 1 aliphatic rings. The summed E-state index contributed by atoms with van der Waals surface area (Å²) in [7, 11) is 0. The summed E-state index contributed by atoms with van der Waals surface area (Å²) in [4.78, 5) is 14.8. The number of ether oxygens (including phenoxy) is 2. The van der Waals surface area contributed by atoms with Crippen molar-refractivity contribution < 1.29 is 14.3 Å². The number of benzene rings is 3. The summed E-state index contributed by atoms with van der Waals surface area (Å²) < 4.78 is 11.2. The third-order valence-corrected chi connectivity index (χ3v) is 5.08. The van der Waals surface area contributed by atoms with Crippen LogP contribution >= 0.6 is 0 Å². The van der Waals surface area contributed by atoms with Crippen LogP contribution in [0.2, 0.25) is 0 Å². The van der Waals surface area contributed by atoms with E-state index in [9.17, 15) is 10.1 Å². The lowest BCUT2D eigenvalue weighted by Gasteiger charge is -2.30. The van der Waals surface area contributed by atoms with Gasteiger partial charge >= 0.3 is 0 Å². The molecule has 1 amide bonds. The molecule has 0 atom stereocenters. The number of hydrogen-bond donors (Lipinski definition) is 2. The maximum absolute atomic E-state index is 12.6. The molecule has 7 heteroatoms. The van der Waals surface area contributed by atoms with Crippen molar-refractivity contribution in [3.05, 3.63) is 90.6 Å². The predicted octanol–water partition coefficient (Wildman–Crippen LogP) is 4.77. The van der Waals surface area contributed by atoms with Gasteiger partial charge in [0, 0.05) is 25.0 Å². The number of carbonyl (C=O) groups excluding carboxylic acids is 1. The number of morpholine rings is 1. The van der Waals surface area contributed by atoms with E-state index in [0.29, 0.717) is 24.7 Å². The van der Waals surface area contributed by atoms with Crippen LogP contribution in [0.25, 0.3) is 0 Å². The second kappa shape index (κ2) is 10.8. The number of anilines is 3. The number of carbonyl (C=O) groups is 1. The molecule has 1 fully saturated rings. The van der Waals surface area contributed by atoms with Gasteiger partial charge in [0.25, 0.3) is 5.91 Å². The molecule has 1 saturated heterocycles. The topological polar surface area (TPSA) is 86.6 Å². The SMILES string of the molecule is N#C/C(=C/Nc1ccccc1N1CCOCC1)C(=O)Nc1ccc(Oc2ccccc2)cc1. The molecule has 0 spiro atoms. The zero-order chi connectivity index (χ0) is 22.9. The van der Waals surface area contributed by atoms with Gasteiger partial charge in [0.1, 0.15) is 23.1 Å². The van der Waals surface area contributed by atoms with Crippen LogP contribution in [0.4, 0.5) is 17.1 Å². The summed E-state index contributed by atoms with van der Waals surface area (Å²) in [6.45, 7) is 2.92. The van der Waals surface area contributed by atoms with Gasteiger partial charge < -0.3 is 25.0 Å². The van der Waals surface area contributed by atoms with Gasteiger partial charge in [0.05, 0.1) is 24.6 Å². The maximum Gasteiger partial charge on any atom is 0.267 e. The molecule has 0 radical (unpaired) electrons. The zero-order valence-corrected chi connectivity index (χ0v) is 18.0. The van der Waals surface area contributed by atoms with Crippen molar-refractivity contribution in [2.75, 3.05) is 41.8 Å². The highest BCUT2D eigenvalue weighted by Crippen LogP contribution is 2.27. The molecule has 3 aromatic carbocycles. The highest BCUT2D eigenvalue weighted by atomic mass is 16.5. The first-order valence-corrected chi connectivity index (χ1v) is 10.7. The largest absolute Gasteiger partial charge is 0.457 e. The van der Waals surface area contributed by atoms with Crippen LogP contribution in [0.1, 0.15) is 0 Å². The first-order valence-electron chi connectivity index (χ1n) is 10.7. The average Bonchev–Trinajstić information content (AvgIpc) is 2.87. The molecule has 7 nitrogen and oxygen atoms in total. The Kier molecular flexibility index (Phi) is 7.21. The highest BCUT2D eigenvalue weighted by molar-refractivity contribution is 6.06. The van der Waals surface area contributed by atoms with Crippen LogP contribution in [-0.4, -0.2) is 32.2 Å². The van der Waals surface area contributed by atoms with Crippen molar-refractivity contribution in [3.8, 4) is 17.6 Å². The van der Waals surface area contributed by atoms with E-state index >= 15 is 0 Å². The quantitative estimate of drug-likeness (QED) is 0.406. The minimum atomic E-state index is -0.495. The molecule has 0 saturated carbocycles. The maximum atomic E-state index is 12.6. The summed E-state index contributed by atoms with van der Waals surface area (Å²) in [6, 6.07) is 26.2. The number of para-hydroxylation sites is 3. The van der Waals surface area contributed by atoms with Crippen molar-refractivity contribution in [1.29, 1.82) is 5.26 Å². The van der Waals surface area contributed by atoms with Crippen molar-refractivity contribution in [2.24, 2.45) is 0 Å². The van der Waals surface area contributed by atoms with E-state index in [1.54, 1.807) is 24.3 Å². The van der Waals surface area contributed by atoms with Crippen molar-refractivity contribution >= 4 is 23.0 Å². The summed E-state index contributed by atoms with van der Waals surface area (Å²) >= 11 is 0. The van der Waals surface area contributed by atoms with Gasteiger partial charge in [-0.25, -0.2) is 0 Å². The number of nitrogens with zero attached hydrogens (tertiary/aromatic N) is 2. The van der Waals surface area contributed by atoms with Gasteiger partial charge in [-0.05, 0) is 48.5 Å². The van der Waals surface area contributed by atoms with Gasteiger partial charge in [-0.1, -0.05) is 30.3 Å². The van der Waals surface area contributed by atoms with Gasteiger partial charge in [-0.3, -0.25) is 4.79 Å². The second-order valence-electron chi connectivity index (χ2n) is 7.32. The molecule has 0 bridgehead atoms. The molecular weight excluding hydrogens is 416 g/mol. The molecule has 0 unspecified atom stereocenters. The van der Waals surface area contributed by atoms with Crippen LogP contribution in [0.3, 0.4) is 0 Å². The fraction of sp³-hybridized carbons (Fsp3) is 0.154. The zero-order valence-electron chi connectivity index (χ0n) is 18.0. The molecule has 0 aromatic heterocycles. The molecule has 3 aromatic rings. The van der Waals surface area contributed by atoms with Gasteiger partial charge in [0.2, 0.25) is 0 Å². The van der Waals surface area contributed by atoms with Crippen LogP contribution in [-0.2, 0) is 9.53 Å². The van der Waals surface area contributed by atoms with Crippen LogP contribution in [0, 0.1) is 11.3 Å². The van der Waals surface area contributed by atoms with E-state index in [1.807, 2.05) is 60.7 Å². The molecule has 1 aliphatic heterocycles. The van der Waals surface area contributed by atoms with E-state index in [-0.39, 0.29) is 5.57 Å². The molecule has 2 N–H and O–H groups in total. The molecule has 166 valence electrons. The molecule has 33 heavy (non-hydrogen) atoms. The third kappa shape index (κ3) is 5.91. The van der Waals surface area contributed by atoms with E-state index < -0.39 is 5.91 Å². The molecule has 1 heterocycles. The Morgan fingerprint density at radius 2 is 1.61 bits per heavy atom. The third-order valence-electron chi connectivity index (χ3n) is 5.08. The smallest absolute Gasteiger partial charge is 0.267 e. The summed E-state index contributed by atoms with van der Waals surface area (Å²) in [5.41, 5.74) is 2.36. The number of amides is 1. The van der Waals surface area contributed by atoms with Crippen LogP contribution in [0.15, 0.2) is 90.6 Å². The van der Waals surface area contributed by atoms with Gasteiger partial charge in [-0.2, -0.15) is 5.26 Å². The normalized spacial score (nSPS) is 13.7. The molecule has 0 aliphatic carbocycles. The fourth-order valence-corrected chi connectivity index (χ4v) is 3.40. The Hall–Kier alpha value is -4.28. The number of hydrogen-bond acceptors (Lipinski definition) is 6. The number of nitriles is 1. The van der Waals surface area contributed by atoms with Crippen LogP contribution in [0.5, 0.6) is 11.5 Å². The van der Waals surface area contributed by atoms with Crippen molar-refractivity contribution in [3.63, 3.8) is 0 Å².